The highest BCUT2D eigenvalue weighted by molar-refractivity contribution is 7.17. The van der Waals surface area contributed by atoms with E-state index in [1.54, 1.807) is 6.07 Å². The summed E-state index contributed by atoms with van der Waals surface area (Å²) in [6, 6.07) is 5.55. The van der Waals surface area contributed by atoms with Gasteiger partial charge in [-0.25, -0.2) is 4.39 Å². The van der Waals surface area contributed by atoms with Crippen LogP contribution in [0.3, 0.4) is 0 Å². The standard InChI is InChI=1S/C9H6FS/c1-6-2-3-9-7(4-6)8(10)5-11-9/h2-5H,1H2. The monoisotopic (exact) mass is 165 g/mol. The molecule has 1 aromatic carbocycles. The zero-order chi connectivity index (χ0) is 7.84. The van der Waals surface area contributed by atoms with Crippen LogP contribution < -0.4 is 0 Å². The zero-order valence-electron chi connectivity index (χ0n) is 5.80. The van der Waals surface area contributed by atoms with Gasteiger partial charge in [0.2, 0.25) is 0 Å². The van der Waals surface area contributed by atoms with E-state index in [9.17, 15) is 4.39 Å². The zero-order valence-corrected chi connectivity index (χ0v) is 6.62. The summed E-state index contributed by atoms with van der Waals surface area (Å²) in [5.41, 5.74) is 0.856. The molecule has 1 aromatic heterocycles. The predicted octanol–water partition coefficient (Wildman–Crippen LogP) is 3.22. The van der Waals surface area contributed by atoms with Crippen molar-refractivity contribution in [2.45, 2.75) is 0 Å². The van der Waals surface area contributed by atoms with E-state index in [1.165, 1.54) is 16.7 Å². The first-order valence-electron chi connectivity index (χ1n) is 3.26. The number of fused-ring (bicyclic) bond motifs is 1. The average molecular weight is 165 g/mol. The second-order valence-electron chi connectivity index (χ2n) is 2.41. The Balaban J connectivity index is 2.87. The van der Waals surface area contributed by atoms with E-state index < -0.39 is 0 Å². The maximum absolute atomic E-state index is 12.9. The number of thiophene rings is 1. The van der Waals surface area contributed by atoms with Crippen molar-refractivity contribution in [2.24, 2.45) is 0 Å². The number of hydrogen-bond donors (Lipinski definition) is 0. The highest BCUT2D eigenvalue weighted by Gasteiger charge is 2.01. The van der Waals surface area contributed by atoms with Crippen LogP contribution >= 0.6 is 11.3 Å². The summed E-state index contributed by atoms with van der Waals surface area (Å²) < 4.78 is 13.9. The van der Waals surface area contributed by atoms with Crippen LogP contribution in [0.2, 0.25) is 0 Å². The molecule has 11 heavy (non-hydrogen) atoms. The average Bonchev–Trinajstić information content (AvgIpc) is 2.33. The van der Waals surface area contributed by atoms with Gasteiger partial charge in [-0.15, -0.1) is 11.3 Å². The molecular formula is C9H6FS. The SMILES string of the molecule is [CH2]c1ccc2scc(F)c2c1. The summed E-state index contributed by atoms with van der Waals surface area (Å²) in [7, 11) is 0. The van der Waals surface area contributed by atoms with Crippen molar-refractivity contribution in [2.75, 3.05) is 0 Å². The molecule has 0 aliphatic rings. The van der Waals surface area contributed by atoms with Gasteiger partial charge in [-0.2, -0.15) is 0 Å². The largest absolute Gasteiger partial charge is 0.205 e. The third kappa shape index (κ3) is 1.03. The molecule has 0 nitrogen and oxygen atoms in total. The van der Waals surface area contributed by atoms with Gasteiger partial charge in [-0.05, 0) is 24.6 Å². The minimum absolute atomic E-state index is 0.143. The normalized spacial score (nSPS) is 10.7. The summed E-state index contributed by atoms with van der Waals surface area (Å²) in [5.74, 6) is -0.143. The second-order valence-corrected chi connectivity index (χ2v) is 3.33. The van der Waals surface area contributed by atoms with E-state index in [-0.39, 0.29) is 5.82 Å². The molecule has 0 N–H and O–H groups in total. The number of halogens is 1. The molecule has 0 unspecified atom stereocenters. The van der Waals surface area contributed by atoms with E-state index in [2.05, 4.69) is 6.92 Å². The molecule has 0 saturated carbocycles. The van der Waals surface area contributed by atoms with E-state index in [1.807, 2.05) is 12.1 Å². The van der Waals surface area contributed by atoms with Crippen LogP contribution in [0, 0.1) is 12.7 Å². The molecule has 0 spiro atoms. The highest BCUT2D eigenvalue weighted by atomic mass is 32.1. The van der Waals surface area contributed by atoms with Gasteiger partial charge in [-0.3, -0.25) is 0 Å². The van der Waals surface area contributed by atoms with Crippen LogP contribution in [0.25, 0.3) is 10.1 Å². The molecule has 2 rings (SSSR count). The van der Waals surface area contributed by atoms with Crippen molar-refractivity contribution < 1.29 is 4.39 Å². The smallest absolute Gasteiger partial charge is 0.141 e. The van der Waals surface area contributed by atoms with Gasteiger partial charge >= 0.3 is 0 Å². The number of rotatable bonds is 0. The molecule has 0 fully saturated rings. The van der Waals surface area contributed by atoms with E-state index in [4.69, 9.17) is 0 Å². The van der Waals surface area contributed by atoms with E-state index >= 15 is 0 Å². The lowest BCUT2D eigenvalue weighted by Gasteiger charge is -1.91. The Morgan fingerprint density at radius 1 is 1.36 bits per heavy atom. The maximum Gasteiger partial charge on any atom is 0.141 e. The molecule has 0 amide bonds. The highest BCUT2D eigenvalue weighted by Crippen LogP contribution is 2.24. The predicted molar refractivity (Wildman–Crippen MR) is 46.2 cm³/mol. The summed E-state index contributed by atoms with van der Waals surface area (Å²) in [6.07, 6.45) is 0. The first kappa shape index (κ1) is 6.80. The molecule has 0 saturated heterocycles. The first-order chi connectivity index (χ1) is 5.27. The van der Waals surface area contributed by atoms with Crippen molar-refractivity contribution in [1.82, 2.24) is 0 Å². The van der Waals surface area contributed by atoms with Gasteiger partial charge in [0, 0.05) is 15.5 Å². The molecule has 0 bridgehead atoms. The van der Waals surface area contributed by atoms with Crippen molar-refractivity contribution in [3.63, 3.8) is 0 Å². The van der Waals surface area contributed by atoms with Gasteiger partial charge in [0.25, 0.3) is 0 Å². The molecule has 0 aliphatic heterocycles. The number of hydrogen-bond acceptors (Lipinski definition) is 1. The van der Waals surface area contributed by atoms with Crippen LogP contribution in [0.1, 0.15) is 5.56 Å². The van der Waals surface area contributed by atoms with Crippen molar-refractivity contribution in [3.05, 3.63) is 41.9 Å². The van der Waals surface area contributed by atoms with Crippen LogP contribution in [0.4, 0.5) is 4.39 Å². The van der Waals surface area contributed by atoms with Crippen LogP contribution in [0.15, 0.2) is 23.6 Å². The van der Waals surface area contributed by atoms with Crippen LogP contribution in [-0.4, -0.2) is 0 Å². The summed E-state index contributed by atoms with van der Waals surface area (Å²) >= 11 is 1.42. The first-order valence-corrected chi connectivity index (χ1v) is 4.14. The summed E-state index contributed by atoms with van der Waals surface area (Å²) in [4.78, 5) is 0. The summed E-state index contributed by atoms with van der Waals surface area (Å²) in [6.45, 7) is 3.73. The van der Waals surface area contributed by atoms with Gasteiger partial charge in [0.1, 0.15) is 5.82 Å². The lowest BCUT2D eigenvalue weighted by atomic mass is 10.2. The Morgan fingerprint density at radius 2 is 2.18 bits per heavy atom. The Hall–Kier alpha value is -0.890. The molecule has 2 heteroatoms. The molecule has 1 heterocycles. The van der Waals surface area contributed by atoms with Crippen molar-refractivity contribution in [1.29, 1.82) is 0 Å². The van der Waals surface area contributed by atoms with Crippen LogP contribution in [-0.2, 0) is 0 Å². The fourth-order valence-electron chi connectivity index (χ4n) is 1.05. The minimum Gasteiger partial charge on any atom is -0.205 e. The quantitative estimate of drug-likeness (QED) is 0.562. The van der Waals surface area contributed by atoms with E-state index in [0.717, 1.165) is 10.3 Å². The summed E-state index contributed by atoms with van der Waals surface area (Å²) in [5, 5.41) is 2.20. The van der Waals surface area contributed by atoms with Gasteiger partial charge in [0.05, 0.1) is 0 Å². The molecule has 0 atom stereocenters. The Morgan fingerprint density at radius 3 is 3.00 bits per heavy atom. The van der Waals surface area contributed by atoms with Gasteiger partial charge < -0.3 is 0 Å². The van der Waals surface area contributed by atoms with Crippen molar-refractivity contribution in [3.8, 4) is 0 Å². The Bertz CT molecular complexity index is 389. The Kier molecular flexibility index (Phi) is 1.43. The minimum atomic E-state index is -0.143. The molecule has 0 aliphatic carbocycles. The Labute approximate surface area is 68.3 Å². The molecular weight excluding hydrogens is 159 g/mol. The van der Waals surface area contributed by atoms with Gasteiger partial charge in [0.15, 0.2) is 0 Å². The fourth-order valence-corrected chi connectivity index (χ4v) is 1.83. The van der Waals surface area contributed by atoms with Crippen LogP contribution in [0.5, 0.6) is 0 Å². The second kappa shape index (κ2) is 2.31. The van der Waals surface area contributed by atoms with E-state index in [0.29, 0.717) is 5.39 Å². The van der Waals surface area contributed by atoms with Gasteiger partial charge in [-0.1, -0.05) is 6.07 Å². The molecule has 2 aromatic rings. The molecule has 55 valence electrons. The fraction of sp³-hybridized carbons (Fsp3) is 0. The van der Waals surface area contributed by atoms with Crippen molar-refractivity contribution >= 4 is 21.4 Å². The third-order valence-electron chi connectivity index (χ3n) is 1.59. The lowest BCUT2D eigenvalue weighted by molar-refractivity contribution is 0.644. The maximum atomic E-state index is 12.9. The lowest BCUT2D eigenvalue weighted by Crippen LogP contribution is -1.71. The molecule has 1 radical (unpaired) electrons. The number of benzene rings is 1. The topological polar surface area (TPSA) is 0 Å². The third-order valence-corrected chi connectivity index (χ3v) is 2.53.